The minimum Gasteiger partial charge on any atom is -0.508 e. The van der Waals surface area contributed by atoms with Crippen LogP contribution in [0.1, 0.15) is 11.4 Å². The minimum atomic E-state index is -0.142. The molecule has 0 aliphatic rings. The van der Waals surface area contributed by atoms with Crippen LogP contribution < -0.4 is 5.56 Å². The predicted octanol–water partition coefficient (Wildman–Crippen LogP) is 5.52. The molecule has 3 aromatic carbocycles. The minimum absolute atomic E-state index is 0.142. The maximum atomic E-state index is 13.3. The molecule has 0 aliphatic carbocycles. The van der Waals surface area contributed by atoms with Gasteiger partial charge in [-0.15, -0.1) is 0 Å². The van der Waals surface area contributed by atoms with Crippen LogP contribution in [-0.4, -0.2) is 14.7 Å². The Labute approximate surface area is 179 Å². The van der Waals surface area contributed by atoms with Gasteiger partial charge in [-0.25, -0.2) is 4.98 Å². The molecule has 0 spiro atoms. The molecule has 0 atom stereocenters. The van der Waals surface area contributed by atoms with Crippen molar-refractivity contribution in [1.29, 1.82) is 0 Å². The Kier molecular flexibility index (Phi) is 5.19. The topological polar surface area (TPSA) is 55.1 Å². The van der Waals surface area contributed by atoms with Gasteiger partial charge in [0.05, 0.1) is 16.6 Å². The highest BCUT2D eigenvalue weighted by Crippen LogP contribution is 2.19. The van der Waals surface area contributed by atoms with Crippen molar-refractivity contribution in [2.45, 2.75) is 0 Å². The van der Waals surface area contributed by atoms with Crippen LogP contribution in [-0.2, 0) is 0 Å². The Morgan fingerprint density at radius 2 is 1.68 bits per heavy atom. The van der Waals surface area contributed by atoms with Gasteiger partial charge in [-0.3, -0.25) is 9.36 Å². The molecule has 4 nitrogen and oxygen atoms in total. The first kappa shape index (κ1) is 18.7. The third kappa shape index (κ3) is 3.81. The maximum Gasteiger partial charge on any atom is 0.266 e. The van der Waals surface area contributed by atoms with E-state index in [4.69, 9.17) is 16.6 Å². The number of aromatic nitrogens is 2. The number of halogens is 2. The molecule has 1 heterocycles. The van der Waals surface area contributed by atoms with E-state index < -0.39 is 0 Å². The second-order valence-corrected chi connectivity index (χ2v) is 7.86. The number of hydrogen-bond donors (Lipinski definition) is 1. The normalized spacial score (nSPS) is 11.4. The third-order valence-corrected chi connectivity index (χ3v) is 5.18. The number of aromatic hydroxyl groups is 1. The largest absolute Gasteiger partial charge is 0.508 e. The van der Waals surface area contributed by atoms with Crippen molar-refractivity contribution in [1.82, 2.24) is 9.55 Å². The molecule has 0 bridgehead atoms. The second-order valence-electron chi connectivity index (χ2n) is 6.17. The molecule has 1 N–H and O–H groups in total. The summed E-state index contributed by atoms with van der Waals surface area (Å²) >= 11 is 8.19. The molecule has 1 aromatic heterocycles. The molecule has 0 radical (unpaired) electrons. The number of hydrogen-bond acceptors (Lipinski definition) is 3. The van der Waals surface area contributed by atoms with E-state index in [0.717, 1.165) is 9.13 Å². The summed E-state index contributed by atoms with van der Waals surface area (Å²) in [5, 5.41) is 10.6. The zero-order valence-electron chi connectivity index (χ0n) is 14.5. The first-order valence-corrected chi connectivity index (χ1v) is 9.92. The summed E-state index contributed by atoms with van der Waals surface area (Å²) < 4.78 is 2.55. The van der Waals surface area contributed by atoms with Gasteiger partial charge in [0.15, 0.2) is 0 Å². The Morgan fingerprint density at radius 1 is 0.964 bits per heavy atom. The van der Waals surface area contributed by atoms with Crippen molar-refractivity contribution in [3.8, 4) is 11.4 Å². The van der Waals surface area contributed by atoms with Crippen molar-refractivity contribution >= 4 is 57.2 Å². The highest BCUT2D eigenvalue weighted by Gasteiger charge is 2.11. The summed E-state index contributed by atoms with van der Waals surface area (Å²) in [6.07, 6.45) is 3.64. The van der Waals surface area contributed by atoms with E-state index in [1.54, 1.807) is 59.2 Å². The Balaban J connectivity index is 1.93. The van der Waals surface area contributed by atoms with Crippen LogP contribution in [0.5, 0.6) is 5.75 Å². The molecule has 0 fully saturated rings. The fourth-order valence-electron chi connectivity index (χ4n) is 2.88. The lowest BCUT2D eigenvalue weighted by Gasteiger charge is -2.12. The van der Waals surface area contributed by atoms with Crippen LogP contribution >= 0.6 is 34.2 Å². The van der Waals surface area contributed by atoms with E-state index in [9.17, 15) is 9.90 Å². The number of fused-ring (bicyclic) bond motifs is 1. The lowest BCUT2D eigenvalue weighted by atomic mass is 10.2. The van der Waals surface area contributed by atoms with Gasteiger partial charge in [0.1, 0.15) is 11.6 Å². The van der Waals surface area contributed by atoms with Gasteiger partial charge in [-0.1, -0.05) is 29.8 Å². The van der Waals surface area contributed by atoms with E-state index >= 15 is 0 Å². The van der Waals surface area contributed by atoms with E-state index in [0.29, 0.717) is 27.4 Å². The predicted molar refractivity (Wildman–Crippen MR) is 122 cm³/mol. The lowest BCUT2D eigenvalue weighted by Crippen LogP contribution is -2.22. The third-order valence-electron chi connectivity index (χ3n) is 4.26. The van der Waals surface area contributed by atoms with Gasteiger partial charge in [0.2, 0.25) is 0 Å². The van der Waals surface area contributed by atoms with Crippen LogP contribution in [0.25, 0.3) is 28.7 Å². The standard InChI is InChI=1S/C22H14ClIN2O2/c23-15-4-7-17(8-5-15)26-21(12-3-14-1-9-18(27)10-2-14)25-20-11-6-16(24)13-19(20)22(26)28/h1-13,27H. The van der Waals surface area contributed by atoms with E-state index in [-0.39, 0.29) is 11.3 Å². The molecule has 6 heteroatoms. The molecule has 4 aromatic rings. The SMILES string of the molecule is O=c1c2cc(I)ccc2nc(C=Cc2ccc(O)cc2)n1-c1ccc(Cl)cc1. The highest BCUT2D eigenvalue weighted by molar-refractivity contribution is 14.1. The Bertz CT molecular complexity index is 1250. The Morgan fingerprint density at radius 3 is 2.39 bits per heavy atom. The summed E-state index contributed by atoms with van der Waals surface area (Å²) in [7, 11) is 0. The summed E-state index contributed by atoms with van der Waals surface area (Å²) in [4.78, 5) is 18.0. The smallest absolute Gasteiger partial charge is 0.266 e. The van der Waals surface area contributed by atoms with Crippen LogP contribution in [0.3, 0.4) is 0 Å². The maximum absolute atomic E-state index is 13.3. The average Bonchev–Trinajstić information content (AvgIpc) is 2.69. The molecular formula is C22H14ClIN2O2. The fourth-order valence-corrected chi connectivity index (χ4v) is 3.50. The van der Waals surface area contributed by atoms with E-state index in [2.05, 4.69) is 22.6 Å². The fraction of sp³-hybridized carbons (Fsp3) is 0. The van der Waals surface area contributed by atoms with E-state index in [1.807, 2.05) is 24.3 Å². The Hall–Kier alpha value is -2.64. The van der Waals surface area contributed by atoms with Gasteiger partial charge >= 0.3 is 0 Å². The van der Waals surface area contributed by atoms with Crippen LogP contribution in [0, 0.1) is 3.57 Å². The van der Waals surface area contributed by atoms with Gasteiger partial charge in [0, 0.05) is 8.59 Å². The number of phenols is 1. The number of benzene rings is 3. The zero-order chi connectivity index (χ0) is 19.7. The van der Waals surface area contributed by atoms with Crippen molar-refractivity contribution in [2.75, 3.05) is 0 Å². The van der Waals surface area contributed by atoms with Crippen molar-refractivity contribution in [2.24, 2.45) is 0 Å². The summed E-state index contributed by atoms with van der Waals surface area (Å²) in [6, 6.07) is 19.5. The van der Waals surface area contributed by atoms with Crippen molar-refractivity contribution in [3.05, 3.63) is 97.1 Å². The summed E-state index contributed by atoms with van der Waals surface area (Å²) in [5.74, 6) is 0.711. The zero-order valence-corrected chi connectivity index (χ0v) is 17.4. The molecule has 28 heavy (non-hydrogen) atoms. The quantitative estimate of drug-likeness (QED) is 0.377. The van der Waals surface area contributed by atoms with Crippen LogP contribution in [0.2, 0.25) is 5.02 Å². The molecule has 0 saturated carbocycles. The second kappa shape index (κ2) is 7.77. The first-order valence-electron chi connectivity index (χ1n) is 8.47. The van der Waals surface area contributed by atoms with Crippen molar-refractivity contribution in [3.63, 3.8) is 0 Å². The van der Waals surface area contributed by atoms with Gasteiger partial charge in [-0.05, 0) is 88.8 Å². The van der Waals surface area contributed by atoms with Gasteiger partial charge in [-0.2, -0.15) is 0 Å². The first-order chi connectivity index (χ1) is 13.5. The molecule has 0 unspecified atom stereocenters. The summed E-state index contributed by atoms with van der Waals surface area (Å²) in [5.41, 5.74) is 2.07. The summed E-state index contributed by atoms with van der Waals surface area (Å²) in [6.45, 7) is 0. The molecular weight excluding hydrogens is 487 g/mol. The molecule has 138 valence electrons. The van der Waals surface area contributed by atoms with Gasteiger partial charge in [0.25, 0.3) is 5.56 Å². The van der Waals surface area contributed by atoms with Crippen LogP contribution in [0.4, 0.5) is 0 Å². The number of rotatable bonds is 3. The van der Waals surface area contributed by atoms with E-state index in [1.165, 1.54) is 0 Å². The monoisotopic (exact) mass is 500 g/mol. The molecule has 0 saturated heterocycles. The molecule has 0 aliphatic heterocycles. The number of phenolic OH excluding ortho intramolecular Hbond substituents is 1. The average molecular weight is 501 g/mol. The number of nitrogens with zero attached hydrogens (tertiary/aromatic N) is 2. The highest BCUT2D eigenvalue weighted by atomic mass is 127. The van der Waals surface area contributed by atoms with Gasteiger partial charge < -0.3 is 5.11 Å². The lowest BCUT2D eigenvalue weighted by molar-refractivity contribution is 0.475. The van der Waals surface area contributed by atoms with Crippen molar-refractivity contribution < 1.29 is 5.11 Å². The molecule has 4 rings (SSSR count). The molecule has 0 amide bonds. The van der Waals surface area contributed by atoms with Crippen LogP contribution in [0.15, 0.2) is 71.5 Å².